The molecule has 7 aliphatic rings. The van der Waals surface area contributed by atoms with E-state index in [4.69, 9.17) is 94.4 Å². The topological polar surface area (TPSA) is 513 Å². The monoisotopic (exact) mass is 1900 g/mol. The average molecular weight is 1900 g/mol. The summed E-state index contributed by atoms with van der Waals surface area (Å²) in [5, 5.41) is 99.2. The predicted molar refractivity (Wildman–Crippen MR) is 507 cm³/mol. The highest BCUT2D eigenvalue weighted by molar-refractivity contribution is 6.74. The second-order valence-corrected chi connectivity index (χ2v) is 46.8. The van der Waals surface area contributed by atoms with Gasteiger partial charge in [-0.2, -0.15) is 25.5 Å². The fourth-order valence-electron chi connectivity index (χ4n) is 20.4. The molecule has 7 fully saturated rings. The molecule has 17 N–H and O–H groups in total. The van der Waals surface area contributed by atoms with Crippen LogP contribution in [0.1, 0.15) is 173 Å². The van der Waals surface area contributed by atoms with Gasteiger partial charge < -0.3 is 130 Å². The van der Waals surface area contributed by atoms with Gasteiger partial charge in [0.25, 0.3) is 0 Å². The van der Waals surface area contributed by atoms with Crippen molar-refractivity contribution in [1.29, 1.82) is 0 Å². The van der Waals surface area contributed by atoms with Crippen molar-refractivity contribution in [2.24, 2.45) is 5.92 Å². The van der Waals surface area contributed by atoms with Crippen LogP contribution >= 0.6 is 0 Å². The third-order valence-electron chi connectivity index (χ3n) is 28.9. The first-order valence-electron chi connectivity index (χ1n) is 46.1. The molecule has 0 saturated carbocycles. The van der Waals surface area contributed by atoms with Crippen LogP contribution in [0.5, 0.6) is 0 Å². The van der Waals surface area contributed by atoms with E-state index < -0.39 is 122 Å². The maximum Gasteiger partial charge on any atom is 0.243 e. The van der Waals surface area contributed by atoms with Crippen molar-refractivity contribution in [3.8, 4) is 0 Å². The van der Waals surface area contributed by atoms with Gasteiger partial charge in [-0.3, -0.25) is 0 Å². The van der Waals surface area contributed by atoms with Crippen molar-refractivity contribution in [3.05, 3.63) is 177 Å². The summed E-state index contributed by atoms with van der Waals surface area (Å²) in [5.41, 5.74) is 30.1. The number of aromatic nitrogens is 12. The van der Waals surface area contributed by atoms with E-state index >= 15 is 0 Å². The van der Waals surface area contributed by atoms with Crippen LogP contribution in [0.15, 0.2) is 148 Å². The summed E-state index contributed by atoms with van der Waals surface area (Å²) in [4.78, 5) is 7.88. The number of ether oxygens (including phenoxy) is 12. The van der Waals surface area contributed by atoms with Gasteiger partial charge in [0.2, 0.25) is 23.1 Å². The summed E-state index contributed by atoms with van der Waals surface area (Å²) >= 11 is 0. The Morgan fingerprint density at radius 3 is 1.22 bits per heavy atom. The molecule has 734 valence electrons. The second-order valence-electron chi connectivity index (χ2n) is 37.4. The molecule has 0 amide bonds. The number of anilines is 5. The largest absolute Gasteiger partial charge is 0.414 e. The van der Waals surface area contributed by atoms with E-state index in [9.17, 15) is 35.7 Å². The summed E-state index contributed by atoms with van der Waals surface area (Å²) in [6.07, 6.45) is 8.64. The van der Waals surface area contributed by atoms with Gasteiger partial charge in [-0.05, 0) is 197 Å². The molecule has 0 spiro atoms. The van der Waals surface area contributed by atoms with E-state index in [1.165, 1.54) is 28.6 Å². The van der Waals surface area contributed by atoms with Gasteiger partial charge >= 0.3 is 0 Å². The lowest BCUT2D eigenvalue weighted by molar-refractivity contribution is -0.310. The van der Waals surface area contributed by atoms with Gasteiger partial charge in [0.1, 0.15) is 99.9 Å². The maximum absolute atomic E-state index is 12.5. The zero-order chi connectivity index (χ0) is 97.9. The molecule has 7 aliphatic heterocycles. The number of nitrogen functional groups attached to an aromatic ring is 5. The lowest BCUT2D eigenvalue weighted by Gasteiger charge is -2.46. The number of aliphatic hydroxyl groups is 7. The van der Waals surface area contributed by atoms with Crippen molar-refractivity contribution in [1.82, 2.24) is 58.0 Å². The second kappa shape index (κ2) is 38.5. The number of hydrogen-bond acceptors (Lipinski definition) is 33. The molecular formula is C94H139N17O21Si2. The van der Waals surface area contributed by atoms with Crippen LogP contribution in [0, 0.1) is 5.92 Å². The Morgan fingerprint density at radius 2 is 0.813 bits per heavy atom. The van der Waals surface area contributed by atoms with Gasteiger partial charge in [-0.25, -0.2) is 32.5 Å². The summed E-state index contributed by atoms with van der Waals surface area (Å²) in [6.45, 7) is 49.4. The van der Waals surface area contributed by atoms with Crippen LogP contribution in [0.4, 0.5) is 28.7 Å². The van der Waals surface area contributed by atoms with Crippen molar-refractivity contribution >= 4 is 72.9 Å². The number of aliphatic hydroxyl groups excluding tert-OH is 2. The molecule has 17 rings (SSSR count). The highest BCUT2D eigenvalue weighted by Gasteiger charge is 2.75. The first kappa shape index (κ1) is 103. The third kappa shape index (κ3) is 17.1. The molecule has 134 heavy (non-hydrogen) atoms. The van der Waals surface area contributed by atoms with Crippen LogP contribution in [0.2, 0.25) is 36.3 Å². The summed E-state index contributed by atoms with van der Waals surface area (Å²) in [7, 11) is -3.93. The van der Waals surface area contributed by atoms with E-state index in [-0.39, 0.29) is 50.2 Å². The van der Waals surface area contributed by atoms with E-state index in [1.54, 1.807) is 125 Å². The Balaban J connectivity index is 0.000000143. The molecule has 5 unspecified atom stereocenters. The quantitative estimate of drug-likeness (QED) is 0.0118. The molecule has 10 aromatic rings. The van der Waals surface area contributed by atoms with Gasteiger partial charge in [0.05, 0.1) is 97.3 Å². The lowest BCUT2D eigenvalue weighted by atomic mass is 9.81. The van der Waals surface area contributed by atoms with Crippen LogP contribution in [-0.4, -0.2) is 245 Å². The van der Waals surface area contributed by atoms with Gasteiger partial charge in [-0.1, -0.05) is 80.5 Å². The number of fused-ring (bicyclic) bond motifs is 7. The first-order chi connectivity index (χ1) is 63.2. The van der Waals surface area contributed by atoms with Crippen molar-refractivity contribution < 1.29 is 101 Å². The van der Waals surface area contributed by atoms with E-state index in [2.05, 4.69) is 104 Å². The molecule has 17 heterocycles. The van der Waals surface area contributed by atoms with Gasteiger partial charge in [0, 0.05) is 24.5 Å². The lowest BCUT2D eigenvalue weighted by Crippen LogP contribution is -2.58. The zero-order valence-corrected chi connectivity index (χ0v) is 82.5. The maximum atomic E-state index is 12.5. The van der Waals surface area contributed by atoms with E-state index in [0.29, 0.717) is 105 Å². The first-order valence-corrected chi connectivity index (χ1v) is 51.2. The minimum atomic E-state index is -2.11. The minimum absolute atomic E-state index is 0.0899. The van der Waals surface area contributed by atoms with Crippen molar-refractivity contribution in [2.75, 3.05) is 68.3 Å². The van der Waals surface area contributed by atoms with E-state index in [0.717, 1.165) is 41.8 Å². The van der Waals surface area contributed by atoms with Gasteiger partial charge in [-0.15, -0.1) is 19.7 Å². The molecular weight excluding hydrogens is 1760 g/mol. The SMILES string of the molecule is C=CCOC[C@H]1OC(O)(c2ccc3c(N)ccnn23)[C@](C)(OCC=C)[C@@H]1OCC=C.CC1(c2ccc3c(N)ncnn23)O[C@H](CO)[C@@H](O)[C@@]1(C)O.CC[C@H]1OC(O)(c2ccc3c(N)ccnn23)[C@]2(C)OC(C)(C)O[C@H]12.CC[C@H]1OC(O)(c2ccc3c(N)ncnn23)[C@]2(C)OC(C)(C)O[C@H]12.CC[Si](CC)(CC)OC[C@H]1OC(O)(c2ccc3c(N)ccnn23)[C@](C)(O[Si](CC)(CC)CC)[C@@H]1C. The fourth-order valence-corrected chi connectivity index (χ4v) is 26.2. The molecule has 38 nitrogen and oxygen atoms in total. The molecule has 10 aromatic heterocycles. The summed E-state index contributed by atoms with van der Waals surface area (Å²) < 4.78 is 94.5. The summed E-state index contributed by atoms with van der Waals surface area (Å²) in [5.74, 6) is -8.09. The van der Waals surface area contributed by atoms with Crippen molar-refractivity contribution in [2.45, 2.75) is 304 Å². The molecule has 20 atom stereocenters. The average Bonchev–Trinajstić information content (AvgIpc) is 1.53. The van der Waals surface area contributed by atoms with Crippen LogP contribution in [0.3, 0.4) is 0 Å². The summed E-state index contributed by atoms with van der Waals surface area (Å²) in [6, 6.07) is 29.1. The molecule has 0 bridgehead atoms. The zero-order valence-electron chi connectivity index (χ0n) is 80.5. The highest BCUT2D eigenvalue weighted by atomic mass is 28.4. The smallest absolute Gasteiger partial charge is 0.243 e. The normalized spacial score (nSPS) is 32.9. The van der Waals surface area contributed by atoms with Crippen molar-refractivity contribution in [3.63, 3.8) is 0 Å². The Labute approximate surface area is 783 Å². The standard InChI is InChI=1S/C26H47N3O4Si2.C22H29N3O5.C17H23N3O4.C16H22N4O4.C13H18N4O4/c1-9-34(10-2,11-3)31-19-23-20(7)25(8,33-35(12-4,13-5)14-6)26(30,32-23)24-16-15-22-21(27)17-18-28-29(22)24;1-5-12-27-15-18-20(28-13-6-2)21(4,29-14-7-3)22(26,30-18)19-9-8-17-16(23)10-11-24-25(17)19;1-5-12-14-16(4,24-15(2,3)23-14)17(21,22-12)13-7-6-11-10(18)8-9-19-20(11)13;1-5-10-12-15(4,24-14(2,3)23-12)16(21,22-10)11-7-6-9-13(17)18-8-19-20(9)11;1-12(20)10(19)8(5-18)21-13(12,2)9-4-3-7-11(14)15-6-16-17(7)9/h15-18,20,23,30H,9-14,19,27H2,1-8H3;5-11,18,20,26H,1-3,12-15,23H2,4H3;6-9,12,14,21H,5,18H2,1-4H3;6-8,10,12,21H,5H2,1-4H3,(H2,17,18,19);3-4,6,8,10,18-20H,5H2,1-2H3,(H2,14,15,16)/t20-,23-,25-,26?;18-,20-,21-,22?;12-,14-,16-,17?;10-,12-,15-,16?;8-,10-,12-,13?/m11111/s1. The highest BCUT2D eigenvalue weighted by Crippen LogP contribution is 2.60. The van der Waals surface area contributed by atoms with Crippen LogP contribution < -0.4 is 28.7 Å². The Kier molecular flexibility index (Phi) is 29.4. The van der Waals surface area contributed by atoms with Crippen LogP contribution in [0.25, 0.3) is 27.6 Å². The molecule has 0 aliphatic carbocycles. The molecule has 0 aromatic carbocycles. The fraction of sp³-hybridized carbons (Fsp3) is 0.585. The minimum Gasteiger partial charge on any atom is -0.414 e. The number of hydrogen-bond donors (Lipinski definition) is 12. The molecule has 0 radical (unpaired) electrons. The number of nitrogens with two attached hydrogens (primary N) is 5. The number of rotatable bonds is 29. The Bertz CT molecular complexity index is 5660. The Morgan fingerprint density at radius 1 is 0.433 bits per heavy atom. The Hall–Kier alpha value is -8.88. The number of nitrogens with zero attached hydrogens (tertiary/aromatic N) is 12. The van der Waals surface area contributed by atoms with E-state index in [1.807, 2.05) is 80.5 Å². The van der Waals surface area contributed by atoms with Gasteiger partial charge in [0.15, 0.2) is 56.6 Å². The molecule has 7 saturated heterocycles. The van der Waals surface area contributed by atoms with Crippen LogP contribution in [-0.2, 0) is 94.4 Å². The molecule has 40 heteroatoms. The predicted octanol–water partition coefficient (Wildman–Crippen LogP) is 10.1. The third-order valence-corrected chi connectivity index (χ3v) is 38.3.